The van der Waals surface area contributed by atoms with Crippen molar-refractivity contribution in [2.75, 3.05) is 26.8 Å². The summed E-state index contributed by atoms with van der Waals surface area (Å²) in [5.41, 5.74) is 5.96. The molecular weight excluding hydrogens is 280 g/mol. The van der Waals surface area contributed by atoms with Crippen LogP contribution in [0.15, 0.2) is 24.3 Å². The highest BCUT2D eigenvalue weighted by atomic mass is 16.5. The second-order valence-electron chi connectivity index (χ2n) is 5.85. The van der Waals surface area contributed by atoms with Crippen molar-refractivity contribution in [3.63, 3.8) is 0 Å². The van der Waals surface area contributed by atoms with Gasteiger partial charge >= 0.3 is 0 Å². The van der Waals surface area contributed by atoms with Crippen molar-refractivity contribution in [1.82, 2.24) is 4.90 Å². The fourth-order valence-corrected chi connectivity index (χ4v) is 2.81. The fraction of sp³-hybridized carbons (Fsp3) is 0.588. The first-order chi connectivity index (χ1) is 10.6. The van der Waals surface area contributed by atoms with E-state index in [-0.39, 0.29) is 11.9 Å². The van der Waals surface area contributed by atoms with E-state index in [4.69, 9.17) is 15.2 Å². The van der Waals surface area contributed by atoms with Crippen molar-refractivity contribution in [3.8, 4) is 11.5 Å². The van der Waals surface area contributed by atoms with E-state index in [0.29, 0.717) is 30.4 Å². The number of carbonyl (C=O) groups excluding carboxylic acids is 1. The molecule has 0 radical (unpaired) electrons. The smallest absolute Gasteiger partial charge is 0.226 e. The molecule has 0 unspecified atom stereocenters. The van der Waals surface area contributed by atoms with Crippen molar-refractivity contribution in [2.45, 2.75) is 32.2 Å². The lowest BCUT2D eigenvalue weighted by Crippen LogP contribution is -2.45. The first kappa shape index (κ1) is 16.6. The molecule has 1 aliphatic heterocycles. The van der Waals surface area contributed by atoms with Gasteiger partial charge < -0.3 is 20.1 Å². The van der Waals surface area contributed by atoms with Crippen molar-refractivity contribution in [3.05, 3.63) is 24.3 Å². The van der Waals surface area contributed by atoms with E-state index in [1.165, 1.54) is 0 Å². The number of benzene rings is 1. The molecule has 22 heavy (non-hydrogen) atoms. The molecule has 0 saturated carbocycles. The Morgan fingerprint density at radius 3 is 2.82 bits per heavy atom. The molecule has 2 rings (SSSR count). The van der Waals surface area contributed by atoms with E-state index in [0.717, 1.165) is 25.9 Å². The molecule has 1 amide bonds. The van der Waals surface area contributed by atoms with Gasteiger partial charge in [-0.15, -0.1) is 0 Å². The van der Waals surface area contributed by atoms with E-state index in [1.54, 1.807) is 7.11 Å². The number of para-hydroxylation sites is 2. The zero-order valence-electron chi connectivity index (χ0n) is 13.5. The van der Waals surface area contributed by atoms with Gasteiger partial charge in [-0.05, 0) is 37.8 Å². The molecule has 2 atom stereocenters. The largest absolute Gasteiger partial charge is 0.493 e. The average molecular weight is 306 g/mol. The van der Waals surface area contributed by atoms with E-state index in [1.807, 2.05) is 36.1 Å². The summed E-state index contributed by atoms with van der Waals surface area (Å²) < 4.78 is 10.9. The summed E-state index contributed by atoms with van der Waals surface area (Å²) in [4.78, 5) is 14.2. The number of nitrogens with two attached hydrogens (primary N) is 1. The lowest BCUT2D eigenvalue weighted by molar-refractivity contribution is -0.133. The number of methoxy groups -OCH3 is 1. The Balaban J connectivity index is 1.80. The third-order valence-corrected chi connectivity index (χ3v) is 4.20. The summed E-state index contributed by atoms with van der Waals surface area (Å²) in [6.07, 6.45) is 2.52. The molecule has 1 aliphatic rings. The quantitative estimate of drug-likeness (QED) is 0.873. The summed E-state index contributed by atoms with van der Waals surface area (Å²) >= 11 is 0. The summed E-state index contributed by atoms with van der Waals surface area (Å²) in [6.45, 7) is 3.98. The molecule has 122 valence electrons. The third kappa shape index (κ3) is 4.37. The maximum Gasteiger partial charge on any atom is 0.226 e. The standard InChI is InChI=1S/C17H26N2O3/c1-13(18)14-6-5-10-19(12-14)17(20)9-11-22-16-8-4-3-7-15(16)21-2/h3-4,7-8,13-14H,5-6,9-12,18H2,1-2H3/t13-,14+/m1/s1. The topological polar surface area (TPSA) is 64.8 Å². The molecule has 1 saturated heterocycles. The summed E-state index contributed by atoms with van der Waals surface area (Å²) in [7, 11) is 1.61. The van der Waals surface area contributed by atoms with Crippen LogP contribution in [-0.2, 0) is 4.79 Å². The number of carbonyl (C=O) groups is 1. The highest BCUT2D eigenvalue weighted by molar-refractivity contribution is 5.76. The van der Waals surface area contributed by atoms with Crippen LogP contribution in [0.4, 0.5) is 0 Å². The van der Waals surface area contributed by atoms with Crippen LogP contribution in [0.2, 0.25) is 0 Å². The number of ether oxygens (including phenoxy) is 2. The van der Waals surface area contributed by atoms with Crippen LogP contribution in [0.3, 0.4) is 0 Å². The molecular formula is C17H26N2O3. The predicted molar refractivity (Wildman–Crippen MR) is 86.1 cm³/mol. The van der Waals surface area contributed by atoms with Gasteiger partial charge in [0.1, 0.15) is 0 Å². The molecule has 5 heteroatoms. The van der Waals surface area contributed by atoms with Gasteiger partial charge in [-0.3, -0.25) is 4.79 Å². The van der Waals surface area contributed by atoms with Crippen molar-refractivity contribution >= 4 is 5.91 Å². The van der Waals surface area contributed by atoms with Gasteiger partial charge in [-0.25, -0.2) is 0 Å². The van der Waals surface area contributed by atoms with E-state index in [2.05, 4.69) is 0 Å². The molecule has 1 aromatic carbocycles. The Morgan fingerprint density at radius 1 is 1.41 bits per heavy atom. The van der Waals surface area contributed by atoms with E-state index < -0.39 is 0 Å². The van der Waals surface area contributed by atoms with Crippen molar-refractivity contribution in [2.24, 2.45) is 11.7 Å². The number of nitrogens with zero attached hydrogens (tertiary/aromatic N) is 1. The second kappa shape index (κ2) is 8.03. The molecule has 0 aliphatic carbocycles. The molecule has 1 aromatic rings. The lowest BCUT2D eigenvalue weighted by Gasteiger charge is -2.34. The van der Waals surface area contributed by atoms with Crippen LogP contribution in [0.5, 0.6) is 11.5 Å². The molecule has 1 heterocycles. The third-order valence-electron chi connectivity index (χ3n) is 4.20. The van der Waals surface area contributed by atoms with Crippen LogP contribution in [0.25, 0.3) is 0 Å². The van der Waals surface area contributed by atoms with Gasteiger partial charge in [0.15, 0.2) is 11.5 Å². The summed E-state index contributed by atoms with van der Waals surface area (Å²) in [5.74, 6) is 1.91. The summed E-state index contributed by atoms with van der Waals surface area (Å²) in [6, 6.07) is 7.60. The number of hydrogen-bond donors (Lipinski definition) is 1. The monoisotopic (exact) mass is 306 g/mol. The van der Waals surface area contributed by atoms with Gasteiger partial charge in [0, 0.05) is 19.1 Å². The van der Waals surface area contributed by atoms with Gasteiger partial charge in [0.25, 0.3) is 0 Å². The highest BCUT2D eigenvalue weighted by Crippen LogP contribution is 2.26. The maximum atomic E-state index is 12.3. The second-order valence-corrected chi connectivity index (χ2v) is 5.85. The highest BCUT2D eigenvalue weighted by Gasteiger charge is 2.25. The van der Waals surface area contributed by atoms with Crippen LogP contribution in [0.1, 0.15) is 26.2 Å². The van der Waals surface area contributed by atoms with Crippen molar-refractivity contribution < 1.29 is 14.3 Å². The van der Waals surface area contributed by atoms with Gasteiger partial charge in [0.05, 0.1) is 20.1 Å². The number of hydrogen-bond acceptors (Lipinski definition) is 4. The zero-order valence-corrected chi connectivity index (χ0v) is 13.5. The Bertz CT molecular complexity index is 491. The van der Waals surface area contributed by atoms with Crippen LogP contribution >= 0.6 is 0 Å². The number of likely N-dealkylation sites (tertiary alicyclic amines) is 1. The SMILES string of the molecule is COc1ccccc1OCCC(=O)N1CCC[C@H]([C@@H](C)N)C1. The average Bonchev–Trinajstić information content (AvgIpc) is 2.55. The Kier molecular flexibility index (Phi) is 6.07. The Hall–Kier alpha value is -1.75. The van der Waals surface area contributed by atoms with Gasteiger partial charge in [-0.1, -0.05) is 12.1 Å². The molecule has 1 fully saturated rings. The first-order valence-corrected chi connectivity index (χ1v) is 7.91. The minimum atomic E-state index is 0.139. The Labute approximate surface area is 132 Å². The summed E-state index contributed by atoms with van der Waals surface area (Å²) in [5, 5.41) is 0. The lowest BCUT2D eigenvalue weighted by atomic mass is 9.92. The first-order valence-electron chi connectivity index (χ1n) is 7.91. The number of rotatable bonds is 6. The normalized spacial score (nSPS) is 19.6. The zero-order chi connectivity index (χ0) is 15.9. The van der Waals surface area contributed by atoms with Crippen LogP contribution in [0, 0.1) is 5.92 Å². The van der Waals surface area contributed by atoms with Crippen molar-refractivity contribution in [1.29, 1.82) is 0 Å². The van der Waals surface area contributed by atoms with E-state index >= 15 is 0 Å². The molecule has 0 bridgehead atoms. The predicted octanol–water partition coefficient (Wildman–Crippen LogP) is 2.05. The Morgan fingerprint density at radius 2 is 2.14 bits per heavy atom. The minimum absolute atomic E-state index is 0.139. The van der Waals surface area contributed by atoms with Crippen LogP contribution < -0.4 is 15.2 Å². The maximum absolute atomic E-state index is 12.3. The number of amides is 1. The fourth-order valence-electron chi connectivity index (χ4n) is 2.81. The molecule has 0 spiro atoms. The molecule has 2 N–H and O–H groups in total. The number of piperidine rings is 1. The van der Waals surface area contributed by atoms with Gasteiger partial charge in [-0.2, -0.15) is 0 Å². The van der Waals surface area contributed by atoms with Crippen LogP contribution in [-0.4, -0.2) is 43.7 Å². The van der Waals surface area contributed by atoms with Gasteiger partial charge in [0.2, 0.25) is 5.91 Å². The molecule has 5 nitrogen and oxygen atoms in total. The minimum Gasteiger partial charge on any atom is -0.493 e. The molecule has 0 aromatic heterocycles. The van der Waals surface area contributed by atoms with E-state index in [9.17, 15) is 4.79 Å².